The van der Waals surface area contributed by atoms with Crippen LogP contribution >= 0.6 is 0 Å². The van der Waals surface area contributed by atoms with Crippen molar-refractivity contribution in [1.29, 1.82) is 0 Å². The summed E-state index contributed by atoms with van der Waals surface area (Å²) in [5.74, 6) is 0.901. The summed E-state index contributed by atoms with van der Waals surface area (Å²) in [5.41, 5.74) is 3.63. The van der Waals surface area contributed by atoms with Crippen molar-refractivity contribution < 1.29 is 9.53 Å². The molecular weight excluding hydrogens is 276 g/mol. The summed E-state index contributed by atoms with van der Waals surface area (Å²) < 4.78 is 5.77. The average Bonchev–Trinajstić information content (AvgIpc) is 2.49. The predicted molar refractivity (Wildman–Crippen MR) is 89.6 cm³/mol. The maximum atomic E-state index is 11.8. The molecule has 1 saturated carbocycles. The van der Waals surface area contributed by atoms with Crippen LogP contribution in [0.15, 0.2) is 12.1 Å². The zero-order chi connectivity index (χ0) is 15.9. The van der Waals surface area contributed by atoms with Crippen molar-refractivity contribution in [2.75, 3.05) is 13.2 Å². The summed E-state index contributed by atoms with van der Waals surface area (Å²) >= 11 is 0. The number of hydrogen-bond donors (Lipinski definition) is 2. The summed E-state index contributed by atoms with van der Waals surface area (Å²) in [5, 5.41) is 5.91. The molecule has 0 heterocycles. The molecule has 2 rings (SSSR count). The molecule has 0 atom stereocenters. The highest BCUT2D eigenvalue weighted by atomic mass is 16.5. The summed E-state index contributed by atoms with van der Waals surface area (Å²) in [6.07, 6.45) is 5.95. The van der Waals surface area contributed by atoms with Crippen LogP contribution in [0, 0.1) is 20.8 Å². The lowest BCUT2D eigenvalue weighted by molar-refractivity contribution is 0.228. The Morgan fingerprint density at radius 3 is 2.50 bits per heavy atom. The molecule has 0 aromatic heterocycles. The third kappa shape index (κ3) is 4.93. The smallest absolute Gasteiger partial charge is 0.315 e. The molecule has 1 aromatic rings. The van der Waals surface area contributed by atoms with Crippen molar-refractivity contribution in [3.8, 4) is 5.75 Å². The molecule has 122 valence electrons. The Kier molecular flexibility index (Phi) is 6.10. The number of benzene rings is 1. The number of amides is 2. The molecule has 0 saturated heterocycles. The van der Waals surface area contributed by atoms with Crippen LogP contribution in [0.4, 0.5) is 4.79 Å². The van der Waals surface area contributed by atoms with Crippen LogP contribution in [0.3, 0.4) is 0 Å². The first-order valence-corrected chi connectivity index (χ1v) is 8.31. The van der Waals surface area contributed by atoms with Gasteiger partial charge >= 0.3 is 6.03 Å². The minimum Gasteiger partial charge on any atom is -0.491 e. The summed E-state index contributed by atoms with van der Waals surface area (Å²) in [6, 6.07) is 4.46. The number of hydrogen-bond acceptors (Lipinski definition) is 2. The van der Waals surface area contributed by atoms with E-state index in [9.17, 15) is 4.79 Å². The van der Waals surface area contributed by atoms with E-state index in [4.69, 9.17) is 4.74 Å². The Morgan fingerprint density at radius 2 is 1.77 bits per heavy atom. The van der Waals surface area contributed by atoms with Gasteiger partial charge in [-0.1, -0.05) is 25.3 Å². The lowest BCUT2D eigenvalue weighted by atomic mass is 9.96. The van der Waals surface area contributed by atoms with E-state index in [2.05, 4.69) is 36.6 Å². The first-order chi connectivity index (χ1) is 10.6. The fourth-order valence-electron chi connectivity index (χ4n) is 2.90. The van der Waals surface area contributed by atoms with Gasteiger partial charge in [-0.25, -0.2) is 4.79 Å². The van der Waals surface area contributed by atoms with Crippen molar-refractivity contribution in [3.63, 3.8) is 0 Å². The van der Waals surface area contributed by atoms with Crippen LogP contribution in [0.25, 0.3) is 0 Å². The van der Waals surface area contributed by atoms with Crippen molar-refractivity contribution in [2.45, 2.75) is 58.9 Å². The Bertz CT molecular complexity index is 508. The molecule has 1 aliphatic carbocycles. The Labute approximate surface area is 133 Å². The largest absolute Gasteiger partial charge is 0.491 e. The van der Waals surface area contributed by atoms with Gasteiger partial charge in [-0.3, -0.25) is 0 Å². The monoisotopic (exact) mass is 304 g/mol. The van der Waals surface area contributed by atoms with E-state index in [1.165, 1.54) is 30.4 Å². The first-order valence-electron chi connectivity index (χ1n) is 8.31. The fraction of sp³-hybridized carbons (Fsp3) is 0.611. The van der Waals surface area contributed by atoms with E-state index >= 15 is 0 Å². The van der Waals surface area contributed by atoms with Gasteiger partial charge in [0.1, 0.15) is 12.4 Å². The summed E-state index contributed by atoms with van der Waals surface area (Å²) in [4.78, 5) is 11.8. The molecular formula is C18H28N2O2. The molecule has 1 aliphatic rings. The maximum absolute atomic E-state index is 11.8. The fourth-order valence-corrected chi connectivity index (χ4v) is 2.90. The quantitative estimate of drug-likeness (QED) is 0.816. The van der Waals surface area contributed by atoms with Gasteiger partial charge < -0.3 is 15.4 Å². The van der Waals surface area contributed by atoms with Gasteiger partial charge in [0.05, 0.1) is 6.54 Å². The van der Waals surface area contributed by atoms with Crippen molar-refractivity contribution >= 4 is 6.03 Å². The third-order valence-corrected chi connectivity index (χ3v) is 4.38. The molecule has 0 bridgehead atoms. The summed E-state index contributed by atoms with van der Waals surface area (Å²) in [7, 11) is 0. The normalized spacial score (nSPS) is 15.4. The van der Waals surface area contributed by atoms with Crippen LogP contribution < -0.4 is 15.4 Å². The molecule has 1 aromatic carbocycles. The van der Waals surface area contributed by atoms with Gasteiger partial charge in [0.25, 0.3) is 0 Å². The highest BCUT2D eigenvalue weighted by Crippen LogP contribution is 2.22. The van der Waals surface area contributed by atoms with Gasteiger partial charge in [-0.2, -0.15) is 0 Å². The first kappa shape index (κ1) is 16.7. The molecule has 2 N–H and O–H groups in total. The maximum Gasteiger partial charge on any atom is 0.315 e. The Hall–Kier alpha value is -1.71. The molecule has 0 spiro atoms. The molecule has 0 unspecified atom stereocenters. The molecule has 0 radical (unpaired) electrons. The number of aryl methyl sites for hydroxylation is 3. The zero-order valence-electron chi connectivity index (χ0n) is 14.0. The number of ether oxygens (including phenoxy) is 1. The van der Waals surface area contributed by atoms with E-state index in [1.807, 2.05) is 6.92 Å². The van der Waals surface area contributed by atoms with Crippen LogP contribution in [-0.2, 0) is 0 Å². The third-order valence-electron chi connectivity index (χ3n) is 4.38. The second-order valence-electron chi connectivity index (χ2n) is 6.29. The zero-order valence-corrected chi connectivity index (χ0v) is 14.0. The van der Waals surface area contributed by atoms with Gasteiger partial charge in [0, 0.05) is 6.04 Å². The van der Waals surface area contributed by atoms with E-state index < -0.39 is 0 Å². The van der Waals surface area contributed by atoms with Crippen LogP contribution in [0.2, 0.25) is 0 Å². The second kappa shape index (κ2) is 8.06. The lowest BCUT2D eigenvalue weighted by Crippen LogP contribution is -2.44. The number of rotatable bonds is 5. The molecule has 0 aliphatic heterocycles. The van der Waals surface area contributed by atoms with Gasteiger partial charge in [0.15, 0.2) is 0 Å². The van der Waals surface area contributed by atoms with Gasteiger partial charge in [-0.15, -0.1) is 0 Å². The van der Waals surface area contributed by atoms with Gasteiger partial charge in [0.2, 0.25) is 0 Å². The number of urea groups is 1. The molecule has 4 nitrogen and oxygen atoms in total. The van der Waals surface area contributed by atoms with Crippen LogP contribution in [-0.4, -0.2) is 25.2 Å². The summed E-state index contributed by atoms with van der Waals surface area (Å²) in [6.45, 7) is 7.23. The van der Waals surface area contributed by atoms with Gasteiger partial charge in [-0.05, 0) is 56.4 Å². The minimum absolute atomic E-state index is 0.0766. The highest BCUT2D eigenvalue weighted by Gasteiger charge is 2.15. The standard InChI is InChI=1S/C18H28N2O2/c1-13-11-15(3)17(12-14(13)2)22-10-9-19-18(21)20-16-7-5-4-6-8-16/h11-12,16H,4-10H2,1-3H3,(H2,19,20,21). The van der Waals surface area contributed by atoms with E-state index in [0.717, 1.165) is 24.2 Å². The van der Waals surface area contributed by atoms with E-state index in [1.54, 1.807) is 0 Å². The minimum atomic E-state index is -0.0766. The topological polar surface area (TPSA) is 50.4 Å². The number of nitrogens with one attached hydrogen (secondary N) is 2. The van der Waals surface area contributed by atoms with E-state index in [-0.39, 0.29) is 6.03 Å². The molecule has 22 heavy (non-hydrogen) atoms. The molecule has 2 amide bonds. The number of carbonyl (C=O) groups excluding carboxylic acids is 1. The lowest BCUT2D eigenvalue weighted by Gasteiger charge is -2.22. The average molecular weight is 304 g/mol. The predicted octanol–water partition coefficient (Wildman–Crippen LogP) is 3.62. The van der Waals surface area contributed by atoms with Crippen LogP contribution in [0.5, 0.6) is 5.75 Å². The second-order valence-corrected chi connectivity index (χ2v) is 6.29. The Morgan fingerprint density at radius 1 is 1.09 bits per heavy atom. The van der Waals surface area contributed by atoms with Crippen molar-refractivity contribution in [3.05, 3.63) is 28.8 Å². The van der Waals surface area contributed by atoms with E-state index in [0.29, 0.717) is 19.2 Å². The van der Waals surface area contributed by atoms with Crippen LogP contribution in [0.1, 0.15) is 48.8 Å². The Balaban J connectivity index is 1.68. The SMILES string of the molecule is Cc1cc(C)c(OCCNC(=O)NC2CCCCC2)cc1C. The molecule has 1 fully saturated rings. The van der Waals surface area contributed by atoms with Crippen molar-refractivity contribution in [2.24, 2.45) is 0 Å². The number of carbonyl (C=O) groups is 1. The highest BCUT2D eigenvalue weighted by molar-refractivity contribution is 5.74. The van der Waals surface area contributed by atoms with Crippen molar-refractivity contribution in [1.82, 2.24) is 10.6 Å². The molecule has 4 heteroatoms.